The summed E-state index contributed by atoms with van der Waals surface area (Å²) in [5.41, 5.74) is 0. The van der Waals surface area contributed by atoms with Gasteiger partial charge in [0.15, 0.2) is 9.68 Å². The van der Waals surface area contributed by atoms with Gasteiger partial charge in [-0.05, 0) is 5.19 Å². The van der Waals surface area contributed by atoms with Gasteiger partial charge in [-0.1, -0.05) is 42.5 Å². The Morgan fingerprint density at radius 3 is 1.67 bits per heavy atom. The Balaban J connectivity index is -0.000000368. The smallest absolute Gasteiger partial charge is 1.00 e. The molecule has 0 atom stereocenters. The zero-order valence-corrected chi connectivity index (χ0v) is 19.8. The molecule has 141 valence electrons. The number of nitrogens with zero attached hydrogens (tertiary/aromatic N) is 1. The summed E-state index contributed by atoms with van der Waals surface area (Å²) < 4.78 is 2.37. The van der Waals surface area contributed by atoms with E-state index in [2.05, 4.69) is 66.3 Å². The molecule has 0 aromatic heterocycles. The third-order valence-corrected chi connectivity index (χ3v) is 4.50. The Labute approximate surface area is 195 Å². The van der Waals surface area contributed by atoms with Crippen molar-refractivity contribution >= 4 is 14.9 Å². The third-order valence-electron chi connectivity index (χ3n) is 3.03. The zero-order valence-electron chi connectivity index (χ0n) is 15.5. The molecule has 0 saturated heterocycles. The van der Waals surface area contributed by atoms with Crippen LogP contribution in [0.15, 0.2) is 92.1 Å². The molecule has 5 heteroatoms. The van der Waals surface area contributed by atoms with E-state index in [0.717, 1.165) is 25.9 Å². The average Bonchev–Trinajstić information content (AvgIpc) is 3.35. The van der Waals surface area contributed by atoms with Crippen LogP contribution < -0.4 is 30.0 Å². The first-order chi connectivity index (χ1) is 11.9. The maximum Gasteiger partial charge on any atom is 4.00 e. The van der Waals surface area contributed by atoms with Crippen LogP contribution in [0.5, 0.6) is 0 Å². The van der Waals surface area contributed by atoms with E-state index < -0.39 is 0 Å². The molecule has 1 aromatic carbocycles. The molecule has 0 amide bonds. The Morgan fingerprint density at radius 1 is 0.889 bits per heavy atom. The number of hydrogen-bond acceptors (Lipinski definition) is 1. The molecule has 3 rings (SSSR count). The topological polar surface area (TPSA) is 3.24 Å². The van der Waals surface area contributed by atoms with E-state index in [0.29, 0.717) is 0 Å². The molecular formula is C22H26Cl2NSiTi. The second-order valence-electron chi connectivity index (χ2n) is 5.08. The van der Waals surface area contributed by atoms with Crippen LogP contribution >= 0.6 is 0 Å². The fourth-order valence-corrected chi connectivity index (χ4v) is 3.27. The maximum absolute atomic E-state index is 3.76. The first kappa shape index (κ1) is 30.8. The van der Waals surface area contributed by atoms with Gasteiger partial charge in [-0.15, -0.1) is 26.0 Å². The minimum atomic E-state index is 0. The Bertz CT molecular complexity index is 531. The van der Waals surface area contributed by atoms with Crippen LogP contribution in [-0.4, -0.2) is 27.3 Å². The molecule has 0 spiro atoms. The number of allylic oxidation sites excluding steroid dienone is 8. The fraction of sp³-hybridized carbons (Fsp3) is 0.182. The summed E-state index contributed by atoms with van der Waals surface area (Å²) in [7, 11) is 0.186. The van der Waals surface area contributed by atoms with Crippen LogP contribution in [0, 0.1) is 12.2 Å². The van der Waals surface area contributed by atoms with Crippen LogP contribution in [0.4, 0.5) is 0 Å². The van der Waals surface area contributed by atoms with Crippen molar-refractivity contribution in [3.05, 3.63) is 104 Å². The minimum Gasteiger partial charge on any atom is -1.00 e. The average molecular weight is 451 g/mol. The van der Waals surface area contributed by atoms with Gasteiger partial charge in [-0.3, -0.25) is 12.2 Å². The molecule has 0 aliphatic heterocycles. The van der Waals surface area contributed by atoms with Gasteiger partial charge < -0.3 is 29.4 Å². The van der Waals surface area contributed by atoms with Crippen molar-refractivity contribution in [2.75, 3.05) is 13.1 Å². The van der Waals surface area contributed by atoms with Gasteiger partial charge in [0, 0.05) is 13.1 Å². The van der Waals surface area contributed by atoms with Crippen molar-refractivity contribution in [2.45, 2.75) is 12.8 Å². The summed E-state index contributed by atoms with van der Waals surface area (Å²) in [6.45, 7) is 9.40. The first-order valence-corrected chi connectivity index (χ1v) is 9.25. The first-order valence-electron chi connectivity index (χ1n) is 8.16. The summed E-state index contributed by atoms with van der Waals surface area (Å²) in [6.07, 6.45) is 23.9. The number of halogens is 2. The van der Waals surface area contributed by atoms with E-state index in [-0.39, 0.29) is 56.2 Å². The fourth-order valence-electron chi connectivity index (χ4n) is 1.94. The van der Waals surface area contributed by atoms with E-state index in [1.807, 2.05) is 42.5 Å². The SMILES string of the molecule is C=CCN(CC=C)[SiH]c1ccccc1.[C-]1=CC=CC1.[C-]1=CC=CC1.[Cl-].[Cl-].[Ti+4]. The zero-order chi connectivity index (χ0) is 17.3. The van der Waals surface area contributed by atoms with Gasteiger partial charge in [-0.2, -0.15) is 12.2 Å². The van der Waals surface area contributed by atoms with Gasteiger partial charge in [0.05, 0.1) is 0 Å². The van der Waals surface area contributed by atoms with Gasteiger partial charge >= 0.3 is 21.7 Å². The molecule has 0 unspecified atom stereocenters. The molecule has 2 aliphatic rings. The van der Waals surface area contributed by atoms with E-state index in [9.17, 15) is 0 Å². The number of hydrogen-bond donors (Lipinski definition) is 0. The number of rotatable bonds is 6. The maximum atomic E-state index is 3.76. The molecular weight excluding hydrogens is 425 g/mol. The molecule has 0 fully saturated rings. The molecule has 1 radical (unpaired) electrons. The normalized spacial score (nSPS) is 11.7. The third kappa shape index (κ3) is 18.3. The van der Waals surface area contributed by atoms with E-state index >= 15 is 0 Å². The van der Waals surface area contributed by atoms with Crippen molar-refractivity contribution in [3.63, 3.8) is 0 Å². The molecule has 1 nitrogen and oxygen atoms in total. The van der Waals surface area contributed by atoms with Crippen molar-refractivity contribution in [1.82, 2.24) is 4.57 Å². The van der Waals surface area contributed by atoms with Crippen LogP contribution in [-0.2, 0) is 21.7 Å². The molecule has 2 aliphatic carbocycles. The second kappa shape index (κ2) is 23.2. The monoisotopic (exact) mass is 450 g/mol. The van der Waals surface area contributed by atoms with Crippen molar-refractivity contribution in [2.24, 2.45) is 0 Å². The van der Waals surface area contributed by atoms with E-state index in [4.69, 9.17) is 0 Å². The Kier molecular flexibility index (Phi) is 26.5. The van der Waals surface area contributed by atoms with Crippen molar-refractivity contribution in [3.8, 4) is 0 Å². The quantitative estimate of drug-likeness (QED) is 0.274. The van der Waals surface area contributed by atoms with Gasteiger partial charge in [0.1, 0.15) is 0 Å². The van der Waals surface area contributed by atoms with Crippen molar-refractivity contribution < 1.29 is 46.5 Å². The predicted molar refractivity (Wildman–Crippen MR) is 108 cm³/mol. The summed E-state index contributed by atoms with van der Waals surface area (Å²) in [6, 6.07) is 10.6. The summed E-state index contributed by atoms with van der Waals surface area (Å²) in [5.74, 6) is 0. The standard InChI is InChI=1S/C12H16NSi.2C5H5.2ClH.Ti/c1-3-10-13(11-4-2)14-12-8-6-5-7-9-12;2*1-2-4-5-3-1;;;/h3-9,14H,1-2,10-11H2;2*1-3H,4H2;2*1H;/q;2*-1;;;+4/p-2. The van der Waals surface area contributed by atoms with Crippen LogP contribution in [0.25, 0.3) is 0 Å². The molecule has 0 N–H and O–H groups in total. The largest absolute Gasteiger partial charge is 4.00 e. The van der Waals surface area contributed by atoms with Crippen LogP contribution in [0.3, 0.4) is 0 Å². The van der Waals surface area contributed by atoms with Crippen molar-refractivity contribution in [1.29, 1.82) is 0 Å². The molecule has 0 bridgehead atoms. The van der Waals surface area contributed by atoms with Crippen LogP contribution in [0.1, 0.15) is 12.8 Å². The van der Waals surface area contributed by atoms with Crippen LogP contribution in [0.2, 0.25) is 0 Å². The summed E-state index contributed by atoms with van der Waals surface area (Å²) in [5, 5.41) is 1.41. The number of benzene rings is 1. The summed E-state index contributed by atoms with van der Waals surface area (Å²) >= 11 is 0. The molecule has 27 heavy (non-hydrogen) atoms. The predicted octanol–water partition coefficient (Wildman–Crippen LogP) is -2.05. The molecule has 1 aromatic rings. The Morgan fingerprint density at radius 2 is 1.37 bits per heavy atom. The Hall–Kier alpha value is -0.869. The van der Waals surface area contributed by atoms with E-state index in [1.165, 1.54) is 5.19 Å². The summed E-state index contributed by atoms with van der Waals surface area (Å²) in [4.78, 5) is 0. The minimum absolute atomic E-state index is 0. The van der Waals surface area contributed by atoms with E-state index in [1.54, 1.807) is 0 Å². The molecule has 0 saturated carbocycles. The second-order valence-corrected chi connectivity index (χ2v) is 6.73. The van der Waals surface area contributed by atoms with Gasteiger partial charge in [0.25, 0.3) is 0 Å². The van der Waals surface area contributed by atoms with Gasteiger partial charge in [0.2, 0.25) is 0 Å². The molecule has 0 heterocycles. The van der Waals surface area contributed by atoms with Gasteiger partial charge in [-0.25, -0.2) is 24.3 Å².